The summed E-state index contributed by atoms with van der Waals surface area (Å²) < 4.78 is 5.05. The summed E-state index contributed by atoms with van der Waals surface area (Å²) in [6.45, 7) is 2.01. The van der Waals surface area contributed by atoms with Gasteiger partial charge in [-0.3, -0.25) is 9.59 Å². The lowest BCUT2D eigenvalue weighted by Gasteiger charge is -2.07. The summed E-state index contributed by atoms with van der Waals surface area (Å²) in [5.74, 6) is -0.377. The molecule has 0 saturated carbocycles. The number of carbonyl (C=O) groups is 2. The van der Waals surface area contributed by atoms with Gasteiger partial charge in [-0.2, -0.15) is 0 Å². The highest BCUT2D eigenvalue weighted by Gasteiger charge is 2.09. The van der Waals surface area contributed by atoms with Crippen LogP contribution in [0, 0.1) is 6.92 Å². The molecule has 2 amide bonds. The minimum atomic E-state index is -0.349. The SMILES string of the molecule is Cc1ccc(/C=C/C(=O)Nc2cccc(NC(=O)c3ccco3)c2)cc1. The molecule has 3 rings (SSSR count). The highest BCUT2D eigenvalue weighted by molar-refractivity contribution is 6.04. The summed E-state index contributed by atoms with van der Waals surface area (Å²) in [6, 6.07) is 18.0. The molecule has 0 radical (unpaired) electrons. The van der Waals surface area contributed by atoms with Crippen LogP contribution in [0.5, 0.6) is 0 Å². The van der Waals surface area contributed by atoms with Gasteiger partial charge in [0.05, 0.1) is 6.26 Å². The van der Waals surface area contributed by atoms with Crippen molar-refractivity contribution < 1.29 is 14.0 Å². The van der Waals surface area contributed by atoms with Crippen LogP contribution in [-0.4, -0.2) is 11.8 Å². The summed E-state index contributed by atoms with van der Waals surface area (Å²) in [7, 11) is 0. The third-order valence-corrected chi connectivity index (χ3v) is 3.64. The lowest BCUT2D eigenvalue weighted by molar-refractivity contribution is -0.111. The Balaban J connectivity index is 1.61. The molecule has 0 bridgehead atoms. The van der Waals surface area contributed by atoms with Crippen molar-refractivity contribution in [1.29, 1.82) is 0 Å². The van der Waals surface area contributed by atoms with E-state index in [9.17, 15) is 9.59 Å². The van der Waals surface area contributed by atoms with Crippen molar-refractivity contribution in [3.63, 3.8) is 0 Å². The smallest absolute Gasteiger partial charge is 0.291 e. The number of nitrogens with one attached hydrogen (secondary N) is 2. The molecular formula is C21H18N2O3. The molecule has 3 aromatic rings. The van der Waals surface area contributed by atoms with Crippen LogP contribution in [0.4, 0.5) is 11.4 Å². The van der Waals surface area contributed by atoms with Gasteiger partial charge in [-0.1, -0.05) is 35.9 Å². The van der Waals surface area contributed by atoms with Crippen molar-refractivity contribution in [2.75, 3.05) is 10.6 Å². The quantitative estimate of drug-likeness (QED) is 0.669. The zero-order valence-electron chi connectivity index (χ0n) is 14.2. The second kappa shape index (κ2) is 7.98. The van der Waals surface area contributed by atoms with Crippen LogP contribution < -0.4 is 10.6 Å². The number of furan rings is 1. The fourth-order valence-corrected chi connectivity index (χ4v) is 2.31. The lowest BCUT2D eigenvalue weighted by Crippen LogP contribution is -2.12. The summed E-state index contributed by atoms with van der Waals surface area (Å²) in [5, 5.41) is 5.49. The highest BCUT2D eigenvalue weighted by atomic mass is 16.3. The first-order valence-electron chi connectivity index (χ1n) is 8.11. The number of hydrogen-bond donors (Lipinski definition) is 2. The number of amides is 2. The monoisotopic (exact) mass is 346 g/mol. The molecule has 2 aromatic carbocycles. The minimum Gasteiger partial charge on any atom is -0.459 e. The molecule has 0 unspecified atom stereocenters. The molecule has 0 spiro atoms. The molecule has 26 heavy (non-hydrogen) atoms. The molecule has 0 aliphatic heterocycles. The van der Waals surface area contributed by atoms with E-state index in [2.05, 4.69) is 10.6 Å². The second-order valence-electron chi connectivity index (χ2n) is 5.75. The minimum absolute atomic E-state index is 0.223. The van der Waals surface area contributed by atoms with E-state index in [0.717, 1.165) is 5.56 Å². The third-order valence-electron chi connectivity index (χ3n) is 3.64. The van der Waals surface area contributed by atoms with Crippen LogP contribution in [-0.2, 0) is 4.79 Å². The Bertz CT molecular complexity index is 926. The van der Waals surface area contributed by atoms with Crippen molar-refractivity contribution in [1.82, 2.24) is 0 Å². The van der Waals surface area contributed by atoms with E-state index in [1.165, 1.54) is 17.9 Å². The second-order valence-corrected chi connectivity index (χ2v) is 5.75. The van der Waals surface area contributed by atoms with E-state index < -0.39 is 0 Å². The number of aryl methyl sites for hydroxylation is 1. The Labute approximate surface area is 151 Å². The zero-order valence-corrected chi connectivity index (χ0v) is 14.2. The first-order valence-corrected chi connectivity index (χ1v) is 8.11. The van der Waals surface area contributed by atoms with Crippen molar-refractivity contribution in [3.8, 4) is 0 Å². The molecule has 1 heterocycles. The van der Waals surface area contributed by atoms with Crippen molar-refractivity contribution in [2.45, 2.75) is 6.92 Å². The van der Waals surface area contributed by atoms with Gasteiger partial charge in [-0.25, -0.2) is 0 Å². The Morgan fingerprint density at radius 3 is 2.35 bits per heavy atom. The molecular weight excluding hydrogens is 328 g/mol. The van der Waals surface area contributed by atoms with E-state index >= 15 is 0 Å². The molecule has 2 N–H and O–H groups in total. The van der Waals surface area contributed by atoms with E-state index in [1.54, 1.807) is 42.5 Å². The third kappa shape index (κ3) is 4.70. The van der Waals surface area contributed by atoms with Crippen LogP contribution in [0.15, 0.2) is 77.4 Å². The summed E-state index contributed by atoms with van der Waals surface area (Å²) in [4.78, 5) is 24.1. The first-order chi connectivity index (χ1) is 12.6. The van der Waals surface area contributed by atoms with Crippen molar-refractivity contribution in [3.05, 3.63) is 89.9 Å². The summed E-state index contributed by atoms with van der Waals surface area (Å²) >= 11 is 0. The molecule has 0 atom stereocenters. The number of hydrogen-bond acceptors (Lipinski definition) is 3. The molecule has 1 aromatic heterocycles. The van der Waals surface area contributed by atoms with E-state index in [4.69, 9.17) is 4.42 Å². The Morgan fingerprint density at radius 2 is 1.65 bits per heavy atom. The molecule has 130 valence electrons. The molecule has 0 fully saturated rings. The van der Waals surface area contributed by atoms with Gasteiger partial charge in [-0.15, -0.1) is 0 Å². The van der Waals surface area contributed by atoms with Gasteiger partial charge in [0.2, 0.25) is 5.91 Å². The number of carbonyl (C=O) groups excluding carboxylic acids is 2. The normalized spacial score (nSPS) is 10.7. The molecule has 0 aliphatic carbocycles. The van der Waals surface area contributed by atoms with Gasteiger partial charge in [0, 0.05) is 17.5 Å². The average Bonchev–Trinajstić information content (AvgIpc) is 3.16. The van der Waals surface area contributed by atoms with E-state index in [0.29, 0.717) is 11.4 Å². The van der Waals surface area contributed by atoms with Crippen LogP contribution >= 0.6 is 0 Å². The summed E-state index contributed by atoms with van der Waals surface area (Å²) in [5.41, 5.74) is 3.26. The van der Waals surface area contributed by atoms with Gasteiger partial charge >= 0.3 is 0 Å². The van der Waals surface area contributed by atoms with Crippen LogP contribution in [0.2, 0.25) is 0 Å². The molecule has 5 nitrogen and oxygen atoms in total. The predicted octanol–water partition coefficient (Wildman–Crippen LogP) is 4.49. The average molecular weight is 346 g/mol. The Hall–Kier alpha value is -3.60. The molecule has 0 saturated heterocycles. The van der Waals surface area contributed by atoms with Gasteiger partial charge < -0.3 is 15.1 Å². The van der Waals surface area contributed by atoms with Crippen LogP contribution in [0.3, 0.4) is 0 Å². The van der Waals surface area contributed by atoms with Crippen LogP contribution in [0.1, 0.15) is 21.7 Å². The van der Waals surface area contributed by atoms with E-state index in [1.807, 2.05) is 31.2 Å². The number of rotatable bonds is 5. The molecule has 5 heteroatoms. The topological polar surface area (TPSA) is 71.3 Å². The number of anilines is 2. The molecule has 0 aliphatic rings. The van der Waals surface area contributed by atoms with E-state index in [-0.39, 0.29) is 17.6 Å². The summed E-state index contributed by atoms with van der Waals surface area (Å²) in [6.07, 6.45) is 4.65. The number of benzene rings is 2. The first kappa shape index (κ1) is 17.2. The van der Waals surface area contributed by atoms with Gasteiger partial charge in [-0.05, 0) is 48.9 Å². The zero-order chi connectivity index (χ0) is 18.4. The van der Waals surface area contributed by atoms with Gasteiger partial charge in [0.25, 0.3) is 5.91 Å². The van der Waals surface area contributed by atoms with Crippen molar-refractivity contribution in [2.24, 2.45) is 0 Å². The largest absolute Gasteiger partial charge is 0.459 e. The standard InChI is InChI=1S/C21H18N2O3/c1-15-7-9-16(10-8-15)11-12-20(24)22-17-4-2-5-18(14-17)23-21(25)19-6-3-13-26-19/h2-14H,1H3,(H,22,24)(H,23,25)/b12-11+. The van der Waals surface area contributed by atoms with Crippen LogP contribution in [0.25, 0.3) is 6.08 Å². The Morgan fingerprint density at radius 1 is 0.923 bits per heavy atom. The Kier molecular flexibility index (Phi) is 5.29. The fourth-order valence-electron chi connectivity index (χ4n) is 2.31. The lowest BCUT2D eigenvalue weighted by atomic mass is 10.1. The maximum Gasteiger partial charge on any atom is 0.291 e. The van der Waals surface area contributed by atoms with Gasteiger partial charge in [0.1, 0.15) is 0 Å². The highest BCUT2D eigenvalue weighted by Crippen LogP contribution is 2.16. The maximum atomic E-state index is 12.1. The predicted molar refractivity (Wildman–Crippen MR) is 102 cm³/mol. The fraction of sp³-hybridized carbons (Fsp3) is 0.0476. The van der Waals surface area contributed by atoms with Crippen molar-refractivity contribution >= 4 is 29.3 Å². The van der Waals surface area contributed by atoms with Gasteiger partial charge in [0.15, 0.2) is 5.76 Å². The maximum absolute atomic E-state index is 12.1.